The van der Waals surface area contributed by atoms with E-state index in [4.69, 9.17) is 5.73 Å². The highest BCUT2D eigenvalue weighted by atomic mass is 32.2. The van der Waals surface area contributed by atoms with Gasteiger partial charge in [-0.05, 0) is 38.0 Å². The predicted molar refractivity (Wildman–Crippen MR) is 72.4 cm³/mol. The number of anilines is 1. The normalized spacial score (nSPS) is 20.7. The van der Waals surface area contributed by atoms with E-state index in [2.05, 4.69) is 4.72 Å². The van der Waals surface area contributed by atoms with Crippen molar-refractivity contribution < 1.29 is 13.2 Å². The third-order valence-electron chi connectivity index (χ3n) is 3.02. The molecule has 0 unspecified atom stereocenters. The Balaban J connectivity index is 2.11. The Morgan fingerprint density at radius 2 is 1.84 bits per heavy atom. The van der Waals surface area contributed by atoms with Crippen LogP contribution in [0.1, 0.15) is 19.4 Å². The van der Waals surface area contributed by atoms with Gasteiger partial charge >= 0.3 is 10.2 Å². The molecule has 0 bridgehead atoms. The molecule has 0 aliphatic carbocycles. The quantitative estimate of drug-likeness (QED) is 0.779. The lowest BCUT2D eigenvalue weighted by atomic mass is 10.1. The molecule has 7 heteroatoms. The fourth-order valence-corrected chi connectivity index (χ4v) is 3.60. The lowest BCUT2D eigenvalue weighted by molar-refractivity contribution is -0.129. The van der Waals surface area contributed by atoms with E-state index in [0.29, 0.717) is 12.1 Å². The number of nitrogen functional groups attached to an aromatic ring is 1. The fraction of sp³-hybridized carbons (Fsp3) is 0.417. The summed E-state index contributed by atoms with van der Waals surface area (Å²) in [4.78, 5) is 12.0. The SMILES string of the molecule is CC1(C)NS(=O)(=O)N(CCc2ccc(N)cc2)C1=O. The first-order valence-electron chi connectivity index (χ1n) is 5.93. The third kappa shape index (κ3) is 2.71. The van der Waals surface area contributed by atoms with E-state index in [1.807, 2.05) is 12.1 Å². The van der Waals surface area contributed by atoms with Crippen LogP contribution in [0.15, 0.2) is 24.3 Å². The summed E-state index contributed by atoms with van der Waals surface area (Å²) in [6, 6.07) is 7.14. The van der Waals surface area contributed by atoms with Crippen LogP contribution >= 0.6 is 0 Å². The predicted octanol–water partition coefficient (Wildman–Crippen LogP) is 0.266. The van der Waals surface area contributed by atoms with Gasteiger partial charge in [-0.15, -0.1) is 0 Å². The number of carbonyl (C=O) groups is 1. The summed E-state index contributed by atoms with van der Waals surface area (Å²) in [6.07, 6.45) is 0.461. The molecule has 1 amide bonds. The van der Waals surface area contributed by atoms with Crippen molar-refractivity contribution in [1.29, 1.82) is 0 Å². The summed E-state index contributed by atoms with van der Waals surface area (Å²) >= 11 is 0. The van der Waals surface area contributed by atoms with Gasteiger partial charge in [0.05, 0.1) is 0 Å². The van der Waals surface area contributed by atoms with Crippen molar-refractivity contribution in [3.05, 3.63) is 29.8 Å². The molecule has 0 saturated carbocycles. The summed E-state index contributed by atoms with van der Waals surface area (Å²) in [6.45, 7) is 3.23. The number of hydrogen-bond acceptors (Lipinski definition) is 4. The number of rotatable bonds is 3. The number of nitrogens with zero attached hydrogens (tertiary/aromatic N) is 1. The molecule has 1 fully saturated rings. The molecule has 0 radical (unpaired) electrons. The van der Waals surface area contributed by atoms with Crippen LogP contribution in [0, 0.1) is 0 Å². The number of nitrogens with two attached hydrogens (primary N) is 1. The van der Waals surface area contributed by atoms with Crippen molar-refractivity contribution in [2.75, 3.05) is 12.3 Å². The van der Waals surface area contributed by atoms with Gasteiger partial charge in [0.25, 0.3) is 5.91 Å². The van der Waals surface area contributed by atoms with E-state index in [0.717, 1.165) is 9.87 Å². The zero-order valence-electron chi connectivity index (χ0n) is 10.9. The Kier molecular flexibility index (Phi) is 3.27. The van der Waals surface area contributed by atoms with Crippen LogP contribution in [0.25, 0.3) is 0 Å². The maximum Gasteiger partial charge on any atom is 0.304 e. The Bertz CT molecular complexity index is 593. The van der Waals surface area contributed by atoms with Gasteiger partial charge in [-0.2, -0.15) is 13.1 Å². The van der Waals surface area contributed by atoms with Gasteiger partial charge in [-0.3, -0.25) is 4.79 Å². The van der Waals surface area contributed by atoms with E-state index in [9.17, 15) is 13.2 Å². The average molecular weight is 283 g/mol. The summed E-state index contributed by atoms with van der Waals surface area (Å²) in [7, 11) is -3.71. The molecular formula is C12H17N3O3S. The third-order valence-corrected chi connectivity index (χ3v) is 4.72. The summed E-state index contributed by atoms with van der Waals surface area (Å²) < 4.78 is 26.9. The fourth-order valence-electron chi connectivity index (χ4n) is 1.98. The Labute approximate surface area is 112 Å². The van der Waals surface area contributed by atoms with E-state index in [1.54, 1.807) is 26.0 Å². The first kappa shape index (κ1) is 13.8. The van der Waals surface area contributed by atoms with Crippen LogP contribution in [0.5, 0.6) is 0 Å². The molecule has 3 N–H and O–H groups in total. The lowest BCUT2D eigenvalue weighted by Gasteiger charge is -2.15. The van der Waals surface area contributed by atoms with Gasteiger partial charge in [0.2, 0.25) is 0 Å². The van der Waals surface area contributed by atoms with Crippen LogP contribution < -0.4 is 10.5 Å². The summed E-state index contributed by atoms with van der Waals surface area (Å²) in [5, 5.41) is 0. The van der Waals surface area contributed by atoms with Gasteiger partial charge in [0, 0.05) is 12.2 Å². The van der Waals surface area contributed by atoms with E-state index in [-0.39, 0.29) is 6.54 Å². The molecule has 1 saturated heterocycles. The van der Waals surface area contributed by atoms with Crippen molar-refractivity contribution >= 4 is 21.8 Å². The molecule has 1 aliphatic heterocycles. The molecule has 104 valence electrons. The van der Waals surface area contributed by atoms with Crippen LogP contribution in [0.2, 0.25) is 0 Å². The maximum atomic E-state index is 12.0. The lowest BCUT2D eigenvalue weighted by Crippen LogP contribution is -2.40. The van der Waals surface area contributed by atoms with E-state index < -0.39 is 21.7 Å². The van der Waals surface area contributed by atoms with Crippen molar-refractivity contribution in [1.82, 2.24) is 9.03 Å². The van der Waals surface area contributed by atoms with Crippen molar-refractivity contribution in [3.8, 4) is 0 Å². The second kappa shape index (κ2) is 4.50. The van der Waals surface area contributed by atoms with Crippen LogP contribution in [-0.2, 0) is 21.4 Å². The van der Waals surface area contributed by atoms with Gasteiger partial charge in [0.15, 0.2) is 0 Å². The molecule has 2 rings (SSSR count). The largest absolute Gasteiger partial charge is 0.399 e. The smallest absolute Gasteiger partial charge is 0.304 e. The average Bonchev–Trinajstić information content (AvgIpc) is 2.44. The molecular weight excluding hydrogens is 266 g/mol. The second-order valence-corrected chi connectivity index (χ2v) is 6.70. The van der Waals surface area contributed by atoms with Crippen LogP contribution in [-0.4, -0.2) is 30.7 Å². The highest BCUT2D eigenvalue weighted by molar-refractivity contribution is 7.88. The number of nitrogens with one attached hydrogen (secondary N) is 1. The van der Waals surface area contributed by atoms with E-state index >= 15 is 0 Å². The molecule has 19 heavy (non-hydrogen) atoms. The van der Waals surface area contributed by atoms with Gasteiger partial charge in [-0.1, -0.05) is 12.1 Å². The Morgan fingerprint density at radius 1 is 1.26 bits per heavy atom. The highest BCUT2D eigenvalue weighted by Gasteiger charge is 2.48. The summed E-state index contributed by atoms with van der Waals surface area (Å²) in [5.74, 6) is -0.428. The second-order valence-electron chi connectivity index (χ2n) is 5.10. The van der Waals surface area contributed by atoms with Crippen LogP contribution in [0.4, 0.5) is 5.69 Å². The first-order chi connectivity index (χ1) is 8.72. The summed E-state index contributed by atoms with van der Waals surface area (Å²) in [5.41, 5.74) is 6.09. The van der Waals surface area contributed by atoms with Crippen molar-refractivity contribution in [2.45, 2.75) is 25.8 Å². The van der Waals surface area contributed by atoms with Crippen LogP contribution in [0.3, 0.4) is 0 Å². The highest BCUT2D eigenvalue weighted by Crippen LogP contribution is 2.21. The zero-order valence-corrected chi connectivity index (χ0v) is 11.7. The zero-order chi connectivity index (χ0) is 14.3. The topological polar surface area (TPSA) is 92.5 Å². The van der Waals surface area contributed by atoms with Crippen molar-refractivity contribution in [3.63, 3.8) is 0 Å². The van der Waals surface area contributed by atoms with E-state index in [1.165, 1.54) is 0 Å². The number of hydrogen-bond donors (Lipinski definition) is 2. The molecule has 0 atom stereocenters. The minimum absolute atomic E-state index is 0.127. The minimum Gasteiger partial charge on any atom is -0.399 e. The standard InChI is InChI=1S/C12H17N3O3S/c1-12(2)11(16)15(19(17,18)14-12)8-7-9-3-5-10(13)6-4-9/h3-6,14H,7-8,13H2,1-2H3. The monoisotopic (exact) mass is 283 g/mol. The Morgan fingerprint density at radius 3 is 2.32 bits per heavy atom. The number of amides is 1. The minimum atomic E-state index is -3.71. The molecule has 1 aromatic rings. The molecule has 0 spiro atoms. The van der Waals surface area contributed by atoms with Gasteiger partial charge < -0.3 is 5.73 Å². The number of carbonyl (C=O) groups excluding carboxylic acids is 1. The van der Waals surface area contributed by atoms with Gasteiger partial charge in [-0.25, -0.2) is 4.31 Å². The molecule has 1 heterocycles. The van der Waals surface area contributed by atoms with Gasteiger partial charge in [0.1, 0.15) is 5.54 Å². The number of benzene rings is 1. The molecule has 0 aromatic heterocycles. The molecule has 6 nitrogen and oxygen atoms in total. The maximum absolute atomic E-state index is 12.0. The molecule has 1 aromatic carbocycles. The Hall–Kier alpha value is -1.60. The van der Waals surface area contributed by atoms with Crippen molar-refractivity contribution in [2.24, 2.45) is 0 Å². The molecule has 1 aliphatic rings. The first-order valence-corrected chi connectivity index (χ1v) is 7.37.